The first kappa shape index (κ1) is 18.7. The SMILES string of the molecule is Cc1ncc(CN2CCC3(CCCN(CCCc4ccccc4)C3)C2)n1C. The summed E-state index contributed by atoms with van der Waals surface area (Å²) in [6.45, 7) is 9.46. The summed E-state index contributed by atoms with van der Waals surface area (Å²) in [5.41, 5.74) is 3.35. The van der Waals surface area contributed by atoms with Crippen molar-refractivity contribution >= 4 is 0 Å². The highest BCUT2D eigenvalue weighted by molar-refractivity contribution is 5.14. The number of benzene rings is 1. The van der Waals surface area contributed by atoms with Crippen LogP contribution in [0.5, 0.6) is 0 Å². The second-order valence-electron chi connectivity index (χ2n) is 8.79. The monoisotopic (exact) mass is 366 g/mol. The fourth-order valence-corrected chi connectivity index (χ4v) is 5.07. The van der Waals surface area contributed by atoms with E-state index in [0.717, 1.165) is 12.4 Å². The van der Waals surface area contributed by atoms with E-state index in [0.29, 0.717) is 5.41 Å². The molecule has 1 aromatic heterocycles. The van der Waals surface area contributed by atoms with Gasteiger partial charge in [-0.2, -0.15) is 0 Å². The Hall–Kier alpha value is -1.65. The van der Waals surface area contributed by atoms with Crippen LogP contribution >= 0.6 is 0 Å². The van der Waals surface area contributed by atoms with Crippen LogP contribution in [0, 0.1) is 12.3 Å². The van der Waals surface area contributed by atoms with Gasteiger partial charge < -0.3 is 9.47 Å². The smallest absolute Gasteiger partial charge is 0.105 e. The molecular formula is C23H34N4. The molecule has 0 radical (unpaired) electrons. The van der Waals surface area contributed by atoms with Crippen molar-refractivity contribution in [3.8, 4) is 0 Å². The molecule has 4 nitrogen and oxygen atoms in total. The van der Waals surface area contributed by atoms with Gasteiger partial charge in [0.15, 0.2) is 0 Å². The molecule has 0 N–H and O–H groups in total. The predicted octanol–water partition coefficient (Wildman–Crippen LogP) is 3.65. The molecule has 1 unspecified atom stereocenters. The Labute approximate surface area is 164 Å². The lowest BCUT2D eigenvalue weighted by atomic mass is 9.79. The zero-order chi connectivity index (χ0) is 18.7. The van der Waals surface area contributed by atoms with E-state index in [4.69, 9.17) is 0 Å². The highest BCUT2D eigenvalue weighted by atomic mass is 15.2. The summed E-state index contributed by atoms with van der Waals surface area (Å²) in [5.74, 6) is 1.11. The predicted molar refractivity (Wildman–Crippen MR) is 111 cm³/mol. The quantitative estimate of drug-likeness (QED) is 0.780. The normalized spacial score (nSPS) is 24.1. The summed E-state index contributed by atoms with van der Waals surface area (Å²) in [7, 11) is 2.14. The topological polar surface area (TPSA) is 24.3 Å². The molecule has 2 aliphatic rings. The van der Waals surface area contributed by atoms with Gasteiger partial charge in [0.1, 0.15) is 5.82 Å². The van der Waals surface area contributed by atoms with Crippen molar-refractivity contribution in [2.75, 3.05) is 32.7 Å². The first-order chi connectivity index (χ1) is 13.1. The van der Waals surface area contributed by atoms with Crippen LogP contribution < -0.4 is 0 Å². The van der Waals surface area contributed by atoms with Crippen LogP contribution in [0.1, 0.15) is 42.8 Å². The third kappa shape index (κ3) is 4.44. The minimum Gasteiger partial charge on any atom is -0.334 e. The molecule has 2 aromatic rings. The minimum atomic E-state index is 0.526. The summed E-state index contributed by atoms with van der Waals surface area (Å²) >= 11 is 0. The van der Waals surface area contributed by atoms with Crippen LogP contribution in [0.3, 0.4) is 0 Å². The Kier molecular flexibility index (Phi) is 5.65. The van der Waals surface area contributed by atoms with Gasteiger partial charge in [0.05, 0.1) is 5.69 Å². The maximum Gasteiger partial charge on any atom is 0.105 e. The van der Waals surface area contributed by atoms with Crippen LogP contribution in [0.15, 0.2) is 36.5 Å². The fraction of sp³-hybridized carbons (Fsp3) is 0.609. The van der Waals surface area contributed by atoms with Gasteiger partial charge in [0, 0.05) is 32.9 Å². The van der Waals surface area contributed by atoms with Crippen molar-refractivity contribution < 1.29 is 0 Å². The van der Waals surface area contributed by atoms with E-state index < -0.39 is 0 Å². The number of likely N-dealkylation sites (tertiary alicyclic amines) is 2. The summed E-state index contributed by atoms with van der Waals surface area (Å²) in [4.78, 5) is 9.86. The molecular weight excluding hydrogens is 332 g/mol. The zero-order valence-corrected chi connectivity index (χ0v) is 17.0. The molecule has 2 aliphatic heterocycles. The average Bonchev–Trinajstić information content (AvgIpc) is 3.21. The molecule has 1 aromatic carbocycles. The molecule has 0 aliphatic carbocycles. The summed E-state index contributed by atoms with van der Waals surface area (Å²) in [5, 5.41) is 0. The van der Waals surface area contributed by atoms with Crippen LogP contribution in [-0.2, 0) is 20.0 Å². The van der Waals surface area contributed by atoms with Gasteiger partial charge in [-0.25, -0.2) is 4.98 Å². The summed E-state index contributed by atoms with van der Waals surface area (Å²) < 4.78 is 2.24. The number of rotatable bonds is 6. The van der Waals surface area contributed by atoms with E-state index in [1.54, 1.807) is 0 Å². The van der Waals surface area contributed by atoms with Crippen LogP contribution in [0.25, 0.3) is 0 Å². The Balaban J connectivity index is 1.28. The molecule has 0 bridgehead atoms. The van der Waals surface area contributed by atoms with E-state index in [2.05, 4.69) is 69.9 Å². The molecule has 1 spiro atoms. The number of hydrogen-bond donors (Lipinski definition) is 0. The van der Waals surface area contributed by atoms with Gasteiger partial charge in [-0.3, -0.25) is 4.90 Å². The first-order valence-corrected chi connectivity index (χ1v) is 10.6. The molecule has 4 rings (SSSR count). The third-order valence-electron chi connectivity index (χ3n) is 6.74. The number of hydrogen-bond acceptors (Lipinski definition) is 3. The lowest BCUT2D eigenvalue weighted by Gasteiger charge is -2.40. The van der Waals surface area contributed by atoms with Gasteiger partial charge in [0.2, 0.25) is 0 Å². The average molecular weight is 367 g/mol. The van der Waals surface area contributed by atoms with E-state index in [-0.39, 0.29) is 0 Å². The maximum atomic E-state index is 4.46. The van der Waals surface area contributed by atoms with E-state index in [1.807, 2.05) is 0 Å². The number of imidazole rings is 1. The molecule has 2 saturated heterocycles. The zero-order valence-electron chi connectivity index (χ0n) is 17.0. The molecule has 27 heavy (non-hydrogen) atoms. The Morgan fingerprint density at radius 2 is 1.85 bits per heavy atom. The van der Waals surface area contributed by atoms with Crippen molar-refractivity contribution in [1.29, 1.82) is 0 Å². The van der Waals surface area contributed by atoms with Gasteiger partial charge in [-0.1, -0.05) is 30.3 Å². The van der Waals surface area contributed by atoms with Gasteiger partial charge >= 0.3 is 0 Å². The highest BCUT2D eigenvalue weighted by Crippen LogP contribution is 2.39. The molecule has 0 saturated carbocycles. The second kappa shape index (κ2) is 8.15. The largest absolute Gasteiger partial charge is 0.334 e. The van der Waals surface area contributed by atoms with Gasteiger partial charge in [-0.15, -0.1) is 0 Å². The number of piperidine rings is 1. The minimum absolute atomic E-state index is 0.526. The van der Waals surface area contributed by atoms with Crippen molar-refractivity contribution in [2.45, 2.75) is 45.6 Å². The van der Waals surface area contributed by atoms with Crippen molar-refractivity contribution in [3.63, 3.8) is 0 Å². The van der Waals surface area contributed by atoms with Crippen LogP contribution in [-0.4, -0.2) is 52.1 Å². The summed E-state index contributed by atoms with van der Waals surface area (Å²) in [6.07, 6.45) is 8.66. The van der Waals surface area contributed by atoms with Crippen molar-refractivity contribution in [2.24, 2.45) is 12.5 Å². The number of aryl methyl sites for hydroxylation is 2. The second-order valence-corrected chi connectivity index (χ2v) is 8.79. The van der Waals surface area contributed by atoms with E-state index >= 15 is 0 Å². The van der Waals surface area contributed by atoms with Crippen molar-refractivity contribution in [3.05, 3.63) is 53.6 Å². The number of nitrogens with zero attached hydrogens (tertiary/aromatic N) is 4. The summed E-state index contributed by atoms with van der Waals surface area (Å²) in [6, 6.07) is 10.9. The maximum absolute atomic E-state index is 4.46. The molecule has 146 valence electrons. The van der Waals surface area contributed by atoms with E-state index in [9.17, 15) is 0 Å². The van der Waals surface area contributed by atoms with Crippen molar-refractivity contribution in [1.82, 2.24) is 19.4 Å². The lowest BCUT2D eigenvalue weighted by molar-refractivity contribution is 0.0908. The molecule has 3 heterocycles. The first-order valence-electron chi connectivity index (χ1n) is 10.6. The van der Waals surface area contributed by atoms with E-state index in [1.165, 1.54) is 76.1 Å². The Morgan fingerprint density at radius 1 is 1.04 bits per heavy atom. The number of aromatic nitrogens is 2. The van der Waals surface area contributed by atoms with Gasteiger partial charge in [0.25, 0.3) is 0 Å². The standard InChI is InChI=1S/C23H34N4/c1-20-24-16-22(25(20)2)17-27-15-12-23(19-27)11-7-14-26(18-23)13-6-10-21-8-4-3-5-9-21/h3-5,8-9,16H,6-7,10-15,17-19H2,1-2H3. The fourth-order valence-electron chi connectivity index (χ4n) is 5.07. The highest BCUT2D eigenvalue weighted by Gasteiger charge is 2.41. The molecule has 1 atom stereocenters. The lowest BCUT2D eigenvalue weighted by Crippen LogP contribution is -2.45. The third-order valence-corrected chi connectivity index (χ3v) is 6.74. The van der Waals surface area contributed by atoms with Gasteiger partial charge in [-0.05, 0) is 69.6 Å². The molecule has 0 amide bonds. The van der Waals surface area contributed by atoms with Crippen LogP contribution in [0.4, 0.5) is 0 Å². The Bertz CT molecular complexity index is 738. The molecule has 2 fully saturated rings. The van der Waals surface area contributed by atoms with Crippen LogP contribution in [0.2, 0.25) is 0 Å². The molecule has 4 heteroatoms. The Morgan fingerprint density at radius 3 is 2.63 bits per heavy atom.